The SMILES string of the molecule is CCCCCP(Br)(c1ccccc1)(c1ccccc1)c1ccccc1. The summed E-state index contributed by atoms with van der Waals surface area (Å²) in [4.78, 5) is 0. The van der Waals surface area contributed by atoms with Crippen LogP contribution >= 0.6 is 20.8 Å². The molecule has 0 nitrogen and oxygen atoms in total. The standard InChI is InChI=1S/C23H26BrP/c1-2-3-13-20-25(24,21-14-7-4-8-15-21,22-16-9-5-10-17-22)23-18-11-6-12-19-23/h4-12,14-19H,2-3,13,20H2,1H3. The van der Waals surface area contributed by atoms with Crippen molar-refractivity contribution in [1.82, 2.24) is 0 Å². The molecule has 0 unspecified atom stereocenters. The molecule has 0 N–H and O–H groups in total. The molecular weight excluding hydrogens is 387 g/mol. The van der Waals surface area contributed by atoms with Crippen LogP contribution in [0.25, 0.3) is 0 Å². The molecule has 0 aliphatic heterocycles. The van der Waals surface area contributed by atoms with Gasteiger partial charge in [0, 0.05) is 0 Å². The van der Waals surface area contributed by atoms with Crippen LogP contribution in [0.15, 0.2) is 91.0 Å². The van der Waals surface area contributed by atoms with Gasteiger partial charge in [-0.2, -0.15) is 0 Å². The third-order valence-electron chi connectivity index (χ3n) is 5.07. The second kappa shape index (κ2) is 7.85. The molecule has 0 spiro atoms. The van der Waals surface area contributed by atoms with Gasteiger partial charge in [-0.3, -0.25) is 0 Å². The Morgan fingerprint density at radius 3 is 1.28 bits per heavy atom. The molecule has 0 saturated heterocycles. The van der Waals surface area contributed by atoms with E-state index in [0.29, 0.717) is 0 Å². The Labute approximate surface area is 160 Å². The minimum absolute atomic E-state index is 1.15. The van der Waals surface area contributed by atoms with Gasteiger partial charge < -0.3 is 0 Å². The first-order valence-electron chi connectivity index (χ1n) is 9.10. The van der Waals surface area contributed by atoms with E-state index in [-0.39, 0.29) is 0 Å². The fraction of sp³-hybridized carbons (Fsp3) is 0.217. The van der Waals surface area contributed by atoms with Crippen LogP contribution < -0.4 is 15.9 Å². The topological polar surface area (TPSA) is 0 Å². The number of rotatable bonds is 7. The molecule has 3 aromatic carbocycles. The molecule has 3 rings (SSSR count). The van der Waals surface area contributed by atoms with E-state index >= 15 is 0 Å². The average molecular weight is 413 g/mol. The van der Waals surface area contributed by atoms with Crippen molar-refractivity contribution in [3.05, 3.63) is 91.0 Å². The van der Waals surface area contributed by atoms with Crippen LogP contribution in [-0.2, 0) is 0 Å². The van der Waals surface area contributed by atoms with Crippen LogP contribution in [0.5, 0.6) is 0 Å². The van der Waals surface area contributed by atoms with E-state index in [1.165, 1.54) is 35.2 Å². The summed E-state index contributed by atoms with van der Waals surface area (Å²) in [6.07, 6.45) is 4.86. The van der Waals surface area contributed by atoms with Crippen molar-refractivity contribution in [2.24, 2.45) is 0 Å². The molecule has 25 heavy (non-hydrogen) atoms. The average Bonchev–Trinajstić information content (AvgIpc) is 2.70. The number of halogens is 1. The first-order valence-corrected chi connectivity index (χ1v) is 13.5. The summed E-state index contributed by atoms with van der Waals surface area (Å²) in [5.41, 5.74) is 0. The Morgan fingerprint density at radius 2 is 0.960 bits per heavy atom. The molecule has 0 radical (unpaired) electrons. The van der Waals surface area contributed by atoms with Crippen molar-refractivity contribution in [3.63, 3.8) is 0 Å². The van der Waals surface area contributed by atoms with Crippen LogP contribution in [0, 0.1) is 0 Å². The summed E-state index contributed by atoms with van der Waals surface area (Å²) >= 11 is 4.48. The maximum atomic E-state index is 4.48. The van der Waals surface area contributed by atoms with Gasteiger partial charge in [0.15, 0.2) is 0 Å². The van der Waals surface area contributed by atoms with E-state index in [1.807, 2.05) is 0 Å². The molecule has 0 fully saturated rings. The number of hydrogen-bond acceptors (Lipinski definition) is 0. The summed E-state index contributed by atoms with van der Waals surface area (Å²) in [7, 11) is 0. The summed E-state index contributed by atoms with van der Waals surface area (Å²) < 4.78 is 0. The molecule has 0 heterocycles. The molecular formula is C23H26BrP. The first-order chi connectivity index (χ1) is 12.2. The fourth-order valence-corrected chi connectivity index (χ4v) is 11.5. The molecule has 130 valence electrons. The molecule has 0 bridgehead atoms. The Balaban J connectivity index is 2.32. The van der Waals surface area contributed by atoms with E-state index in [4.69, 9.17) is 0 Å². The van der Waals surface area contributed by atoms with Gasteiger partial charge in [0.1, 0.15) is 0 Å². The zero-order valence-corrected chi connectivity index (χ0v) is 17.3. The minimum atomic E-state index is -2.66. The van der Waals surface area contributed by atoms with Crippen molar-refractivity contribution in [2.45, 2.75) is 26.2 Å². The molecule has 0 amide bonds. The first kappa shape index (κ1) is 18.4. The zero-order valence-electron chi connectivity index (χ0n) is 14.8. The monoisotopic (exact) mass is 412 g/mol. The van der Waals surface area contributed by atoms with Crippen LogP contribution in [0.3, 0.4) is 0 Å². The number of benzene rings is 3. The van der Waals surface area contributed by atoms with Crippen LogP contribution in [0.2, 0.25) is 0 Å². The van der Waals surface area contributed by atoms with Gasteiger partial charge in [-0.15, -0.1) is 0 Å². The zero-order chi connectivity index (χ0) is 17.6. The fourth-order valence-electron chi connectivity index (χ4n) is 3.71. The van der Waals surface area contributed by atoms with Crippen molar-refractivity contribution < 1.29 is 0 Å². The second-order valence-electron chi connectivity index (χ2n) is 6.62. The Kier molecular flexibility index (Phi) is 5.77. The van der Waals surface area contributed by atoms with E-state index in [1.54, 1.807) is 0 Å². The molecule has 2 heteroatoms. The third kappa shape index (κ3) is 3.33. The third-order valence-corrected chi connectivity index (χ3v) is 15.1. The number of unbranched alkanes of at least 4 members (excludes halogenated alkanes) is 2. The van der Waals surface area contributed by atoms with Crippen LogP contribution in [0.1, 0.15) is 26.2 Å². The van der Waals surface area contributed by atoms with Crippen molar-refractivity contribution in [3.8, 4) is 0 Å². The van der Waals surface area contributed by atoms with Crippen LogP contribution in [0.4, 0.5) is 0 Å². The molecule has 3 aromatic rings. The van der Waals surface area contributed by atoms with Gasteiger partial charge >= 0.3 is 160 Å². The predicted octanol–water partition coefficient (Wildman–Crippen LogP) is 6.02. The molecule has 0 aromatic heterocycles. The Morgan fingerprint density at radius 1 is 0.600 bits per heavy atom. The molecule has 0 saturated carbocycles. The normalized spacial score (nSPS) is 13.1. The Hall–Kier alpha value is -1.43. The van der Waals surface area contributed by atoms with Gasteiger partial charge in [-0.25, -0.2) is 0 Å². The van der Waals surface area contributed by atoms with Gasteiger partial charge in [-0.05, 0) is 0 Å². The van der Waals surface area contributed by atoms with E-state index in [2.05, 4.69) is 113 Å². The summed E-state index contributed by atoms with van der Waals surface area (Å²) in [5, 5.41) is 1.60. The van der Waals surface area contributed by atoms with Crippen molar-refractivity contribution >= 4 is 36.7 Å². The summed E-state index contributed by atoms with van der Waals surface area (Å²) in [6, 6.07) is 33.2. The Bertz CT molecular complexity index is 685. The van der Waals surface area contributed by atoms with Gasteiger partial charge in [-0.1, -0.05) is 0 Å². The van der Waals surface area contributed by atoms with Gasteiger partial charge in [0.05, 0.1) is 0 Å². The van der Waals surface area contributed by atoms with Gasteiger partial charge in [0.2, 0.25) is 0 Å². The van der Waals surface area contributed by atoms with Gasteiger partial charge in [0.25, 0.3) is 0 Å². The van der Waals surface area contributed by atoms with E-state index in [0.717, 1.165) is 6.16 Å². The van der Waals surface area contributed by atoms with E-state index < -0.39 is 5.31 Å². The van der Waals surface area contributed by atoms with Crippen LogP contribution in [-0.4, -0.2) is 6.16 Å². The summed E-state index contributed by atoms with van der Waals surface area (Å²) in [5.74, 6) is 0. The predicted molar refractivity (Wildman–Crippen MR) is 118 cm³/mol. The van der Waals surface area contributed by atoms with E-state index in [9.17, 15) is 0 Å². The second-order valence-corrected chi connectivity index (χ2v) is 15.7. The maximum absolute atomic E-state index is 4.48. The van der Waals surface area contributed by atoms with Crippen molar-refractivity contribution in [2.75, 3.05) is 6.16 Å². The molecule has 0 atom stereocenters. The molecule has 0 aliphatic rings. The number of hydrogen-bond donors (Lipinski definition) is 0. The molecule has 0 aliphatic carbocycles. The summed E-state index contributed by atoms with van der Waals surface area (Å²) in [6.45, 7) is 2.27. The van der Waals surface area contributed by atoms with Crippen molar-refractivity contribution in [1.29, 1.82) is 0 Å². The quantitative estimate of drug-likeness (QED) is 0.328.